The second-order valence-electron chi connectivity index (χ2n) is 5.23. The standard InChI is InChI=1S/C16H25FN2O2.ClH/c1-4-16(5-2,11-18)15(20)19-9-12-6-7-14(17)13(8-12)10-21-3;/h6-8H,4-5,9-11,18H2,1-3H3,(H,19,20);1H. The summed E-state index contributed by atoms with van der Waals surface area (Å²) in [6, 6.07) is 4.77. The zero-order chi connectivity index (χ0) is 15.9. The van der Waals surface area contributed by atoms with E-state index in [2.05, 4.69) is 5.32 Å². The molecule has 0 aliphatic carbocycles. The van der Waals surface area contributed by atoms with Crippen molar-refractivity contribution in [2.45, 2.75) is 39.8 Å². The molecule has 0 bridgehead atoms. The monoisotopic (exact) mass is 332 g/mol. The molecule has 0 saturated carbocycles. The summed E-state index contributed by atoms with van der Waals surface area (Å²) in [5, 5.41) is 2.90. The Bertz CT molecular complexity index is 471. The van der Waals surface area contributed by atoms with E-state index in [9.17, 15) is 9.18 Å². The number of nitrogens with two attached hydrogens (primary N) is 1. The van der Waals surface area contributed by atoms with Crippen LogP contribution in [0.1, 0.15) is 37.8 Å². The smallest absolute Gasteiger partial charge is 0.227 e. The molecule has 0 heterocycles. The molecular formula is C16H26ClFN2O2. The molecule has 1 aromatic carbocycles. The van der Waals surface area contributed by atoms with Crippen molar-refractivity contribution in [3.63, 3.8) is 0 Å². The van der Waals surface area contributed by atoms with Crippen molar-refractivity contribution in [2.75, 3.05) is 13.7 Å². The largest absolute Gasteiger partial charge is 0.380 e. The summed E-state index contributed by atoms with van der Waals surface area (Å²) in [6.45, 7) is 4.82. The first-order valence-electron chi connectivity index (χ1n) is 7.27. The summed E-state index contributed by atoms with van der Waals surface area (Å²) in [6.07, 6.45) is 1.40. The first kappa shape index (κ1) is 20.8. The lowest BCUT2D eigenvalue weighted by atomic mass is 9.81. The van der Waals surface area contributed by atoms with Gasteiger partial charge in [-0.05, 0) is 30.5 Å². The lowest BCUT2D eigenvalue weighted by Crippen LogP contribution is -2.45. The van der Waals surface area contributed by atoms with Gasteiger partial charge in [0.15, 0.2) is 0 Å². The van der Waals surface area contributed by atoms with Crippen LogP contribution in [-0.4, -0.2) is 19.6 Å². The molecule has 6 heteroatoms. The normalized spacial score (nSPS) is 11.0. The zero-order valence-corrected chi connectivity index (χ0v) is 14.3. The lowest BCUT2D eigenvalue weighted by Gasteiger charge is -2.28. The van der Waals surface area contributed by atoms with Crippen molar-refractivity contribution in [3.8, 4) is 0 Å². The van der Waals surface area contributed by atoms with Crippen LogP contribution in [0, 0.1) is 11.2 Å². The van der Waals surface area contributed by atoms with Crippen LogP contribution < -0.4 is 11.1 Å². The Morgan fingerprint density at radius 3 is 2.50 bits per heavy atom. The number of hydrogen-bond acceptors (Lipinski definition) is 3. The fourth-order valence-corrected chi connectivity index (χ4v) is 2.33. The Labute approximate surface area is 138 Å². The first-order chi connectivity index (χ1) is 10.0. The Kier molecular flexibility index (Phi) is 9.25. The molecule has 0 unspecified atom stereocenters. The highest BCUT2D eigenvalue weighted by atomic mass is 35.5. The maximum atomic E-state index is 13.5. The molecule has 0 aromatic heterocycles. The van der Waals surface area contributed by atoms with E-state index < -0.39 is 5.41 Å². The van der Waals surface area contributed by atoms with Crippen LogP contribution in [0.5, 0.6) is 0 Å². The lowest BCUT2D eigenvalue weighted by molar-refractivity contribution is -0.131. The fraction of sp³-hybridized carbons (Fsp3) is 0.562. The summed E-state index contributed by atoms with van der Waals surface area (Å²) in [5.74, 6) is -0.349. The molecule has 3 N–H and O–H groups in total. The van der Waals surface area contributed by atoms with Crippen molar-refractivity contribution in [3.05, 3.63) is 35.1 Å². The van der Waals surface area contributed by atoms with Gasteiger partial charge >= 0.3 is 0 Å². The highest BCUT2D eigenvalue weighted by Gasteiger charge is 2.32. The number of amides is 1. The van der Waals surface area contributed by atoms with Crippen molar-refractivity contribution in [2.24, 2.45) is 11.1 Å². The van der Waals surface area contributed by atoms with Crippen LogP contribution in [0.15, 0.2) is 18.2 Å². The van der Waals surface area contributed by atoms with Crippen LogP contribution in [0.25, 0.3) is 0 Å². The summed E-state index contributed by atoms with van der Waals surface area (Å²) in [5.41, 5.74) is 6.57. The number of nitrogens with one attached hydrogen (secondary N) is 1. The third kappa shape index (κ3) is 4.93. The molecule has 0 radical (unpaired) electrons. The van der Waals surface area contributed by atoms with E-state index in [1.54, 1.807) is 12.1 Å². The SMILES string of the molecule is CCC(CC)(CN)C(=O)NCc1ccc(F)c(COC)c1.Cl. The van der Waals surface area contributed by atoms with E-state index in [0.29, 0.717) is 31.5 Å². The number of benzene rings is 1. The maximum Gasteiger partial charge on any atom is 0.227 e. The average molecular weight is 333 g/mol. The van der Waals surface area contributed by atoms with E-state index in [4.69, 9.17) is 10.5 Å². The van der Waals surface area contributed by atoms with E-state index in [1.807, 2.05) is 13.8 Å². The molecule has 4 nitrogen and oxygen atoms in total. The topological polar surface area (TPSA) is 64.4 Å². The van der Waals surface area contributed by atoms with Crippen LogP contribution in [0.2, 0.25) is 0 Å². The fourth-order valence-electron chi connectivity index (χ4n) is 2.33. The number of halogens is 2. The van der Waals surface area contributed by atoms with Gasteiger partial charge in [0.25, 0.3) is 0 Å². The Morgan fingerprint density at radius 2 is 2.00 bits per heavy atom. The van der Waals surface area contributed by atoms with Gasteiger partial charge in [0, 0.05) is 25.8 Å². The van der Waals surface area contributed by atoms with Gasteiger partial charge < -0.3 is 15.8 Å². The predicted octanol–water partition coefficient (Wildman–Crippen LogP) is 2.78. The highest BCUT2D eigenvalue weighted by molar-refractivity contribution is 5.85. The van der Waals surface area contributed by atoms with E-state index in [-0.39, 0.29) is 30.7 Å². The minimum absolute atomic E-state index is 0. The van der Waals surface area contributed by atoms with E-state index >= 15 is 0 Å². The van der Waals surface area contributed by atoms with Gasteiger partial charge in [-0.3, -0.25) is 4.79 Å². The van der Waals surface area contributed by atoms with Gasteiger partial charge in [0.2, 0.25) is 5.91 Å². The van der Waals surface area contributed by atoms with Gasteiger partial charge in [0.1, 0.15) is 5.82 Å². The number of ether oxygens (including phenoxy) is 1. The van der Waals surface area contributed by atoms with Crippen LogP contribution in [0.4, 0.5) is 4.39 Å². The van der Waals surface area contributed by atoms with Crippen molar-refractivity contribution < 1.29 is 13.9 Å². The van der Waals surface area contributed by atoms with Gasteiger partial charge in [-0.25, -0.2) is 4.39 Å². The van der Waals surface area contributed by atoms with Crippen molar-refractivity contribution in [1.29, 1.82) is 0 Å². The van der Waals surface area contributed by atoms with Gasteiger partial charge in [-0.15, -0.1) is 12.4 Å². The molecule has 0 fully saturated rings. The summed E-state index contributed by atoms with van der Waals surface area (Å²) in [7, 11) is 1.52. The summed E-state index contributed by atoms with van der Waals surface area (Å²) < 4.78 is 18.5. The quantitative estimate of drug-likeness (QED) is 0.769. The Hall–Kier alpha value is -1.17. The van der Waals surface area contributed by atoms with E-state index in [1.165, 1.54) is 13.2 Å². The molecule has 1 aromatic rings. The number of methoxy groups -OCH3 is 1. The predicted molar refractivity (Wildman–Crippen MR) is 88.3 cm³/mol. The summed E-state index contributed by atoms with van der Waals surface area (Å²) >= 11 is 0. The highest BCUT2D eigenvalue weighted by Crippen LogP contribution is 2.25. The van der Waals surface area contributed by atoms with E-state index in [0.717, 1.165) is 5.56 Å². The summed E-state index contributed by atoms with van der Waals surface area (Å²) in [4.78, 5) is 12.3. The molecule has 0 aliphatic heterocycles. The molecule has 0 aliphatic rings. The van der Waals surface area contributed by atoms with Crippen LogP contribution >= 0.6 is 12.4 Å². The molecule has 1 amide bonds. The number of hydrogen-bond donors (Lipinski definition) is 2. The molecule has 0 spiro atoms. The van der Waals surface area contributed by atoms with Crippen LogP contribution in [0.3, 0.4) is 0 Å². The third-order valence-corrected chi connectivity index (χ3v) is 4.09. The average Bonchev–Trinajstić information content (AvgIpc) is 2.50. The minimum Gasteiger partial charge on any atom is -0.380 e. The van der Waals surface area contributed by atoms with Gasteiger partial charge in [-0.1, -0.05) is 19.9 Å². The Morgan fingerprint density at radius 1 is 1.36 bits per heavy atom. The van der Waals surface area contributed by atoms with Crippen molar-refractivity contribution >= 4 is 18.3 Å². The van der Waals surface area contributed by atoms with Gasteiger partial charge in [0.05, 0.1) is 12.0 Å². The number of rotatable bonds is 8. The minimum atomic E-state index is -0.518. The van der Waals surface area contributed by atoms with Crippen LogP contribution in [-0.2, 0) is 22.7 Å². The van der Waals surface area contributed by atoms with Gasteiger partial charge in [-0.2, -0.15) is 0 Å². The molecular weight excluding hydrogens is 307 g/mol. The second kappa shape index (κ2) is 9.77. The number of carbonyl (C=O) groups is 1. The Balaban J connectivity index is 0.00000441. The molecule has 0 saturated heterocycles. The molecule has 126 valence electrons. The molecule has 22 heavy (non-hydrogen) atoms. The molecule has 0 atom stereocenters. The second-order valence-corrected chi connectivity index (χ2v) is 5.23. The van der Waals surface area contributed by atoms with Crippen molar-refractivity contribution in [1.82, 2.24) is 5.32 Å². The number of carbonyl (C=O) groups excluding carboxylic acids is 1. The maximum absolute atomic E-state index is 13.5. The molecule has 1 rings (SSSR count). The third-order valence-electron chi connectivity index (χ3n) is 4.09. The zero-order valence-electron chi connectivity index (χ0n) is 13.4. The first-order valence-corrected chi connectivity index (χ1v) is 7.27.